The second-order valence-corrected chi connectivity index (χ2v) is 4.81. The summed E-state index contributed by atoms with van der Waals surface area (Å²) in [4.78, 5) is 10.3. The summed E-state index contributed by atoms with van der Waals surface area (Å²) >= 11 is 0. The summed E-state index contributed by atoms with van der Waals surface area (Å²) in [6, 6.07) is 0. The number of aliphatic carboxylic acids is 1. The second-order valence-electron chi connectivity index (χ2n) is 4.81. The lowest BCUT2D eigenvalue weighted by Gasteiger charge is -2.12. The monoisotopic (exact) mass is 239 g/mol. The largest absolute Gasteiger partial charge is 0.481 e. The predicted octanol–water partition coefficient (Wildman–Crippen LogP) is 3.11. The molecule has 98 valence electrons. The SMILES string of the molecule is O=C(O)CCCCCNCCC1=CCCCC1. The van der Waals surface area contributed by atoms with Crippen LogP contribution in [0.1, 0.15) is 57.8 Å². The highest BCUT2D eigenvalue weighted by Gasteiger charge is 2.02. The zero-order valence-electron chi connectivity index (χ0n) is 10.7. The Kier molecular flexibility index (Phi) is 7.72. The van der Waals surface area contributed by atoms with Crippen LogP contribution in [-0.2, 0) is 4.79 Å². The third-order valence-corrected chi connectivity index (χ3v) is 3.25. The van der Waals surface area contributed by atoms with Crippen molar-refractivity contribution in [3.8, 4) is 0 Å². The summed E-state index contributed by atoms with van der Waals surface area (Å²) in [7, 11) is 0. The van der Waals surface area contributed by atoms with Crippen LogP contribution in [0.15, 0.2) is 11.6 Å². The van der Waals surface area contributed by atoms with Crippen LogP contribution in [0, 0.1) is 0 Å². The molecule has 3 heteroatoms. The number of hydrogen-bond acceptors (Lipinski definition) is 2. The van der Waals surface area contributed by atoms with Crippen molar-refractivity contribution < 1.29 is 9.90 Å². The lowest BCUT2D eigenvalue weighted by Crippen LogP contribution is -2.17. The molecule has 0 heterocycles. The van der Waals surface area contributed by atoms with Crippen LogP contribution in [0.3, 0.4) is 0 Å². The Balaban J connectivity index is 1.84. The second kappa shape index (κ2) is 9.23. The minimum absolute atomic E-state index is 0.312. The normalized spacial score (nSPS) is 15.6. The topological polar surface area (TPSA) is 49.3 Å². The van der Waals surface area contributed by atoms with Gasteiger partial charge in [0.2, 0.25) is 0 Å². The van der Waals surface area contributed by atoms with Crippen LogP contribution in [-0.4, -0.2) is 24.2 Å². The minimum atomic E-state index is -0.679. The van der Waals surface area contributed by atoms with Crippen LogP contribution in [0.2, 0.25) is 0 Å². The Labute approximate surface area is 104 Å². The smallest absolute Gasteiger partial charge is 0.303 e. The standard InChI is InChI=1S/C14H25NO2/c16-14(17)9-5-2-6-11-15-12-10-13-7-3-1-4-8-13/h7,15H,1-6,8-12H2,(H,16,17). The first-order valence-electron chi connectivity index (χ1n) is 6.89. The van der Waals surface area contributed by atoms with Crippen molar-refractivity contribution in [2.45, 2.75) is 57.8 Å². The van der Waals surface area contributed by atoms with Gasteiger partial charge in [0.05, 0.1) is 0 Å². The van der Waals surface area contributed by atoms with Gasteiger partial charge in [-0.2, -0.15) is 0 Å². The molecule has 0 amide bonds. The molecule has 0 aromatic rings. The van der Waals surface area contributed by atoms with E-state index in [-0.39, 0.29) is 0 Å². The van der Waals surface area contributed by atoms with Gasteiger partial charge in [0.1, 0.15) is 0 Å². The molecule has 1 aliphatic carbocycles. The zero-order valence-corrected chi connectivity index (χ0v) is 10.7. The van der Waals surface area contributed by atoms with Gasteiger partial charge in [-0.15, -0.1) is 0 Å². The van der Waals surface area contributed by atoms with Crippen LogP contribution < -0.4 is 5.32 Å². The fourth-order valence-electron chi connectivity index (χ4n) is 2.21. The first kappa shape index (κ1) is 14.2. The number of carboxylic acid groups (broad SMARTS) is 1. The summed E-state index contributed by atoms with van der Waals surface area (Å²) in [5, 5.41) is 11.9. The van der Waals surface area contributed by atoms with E-state index in [1.54, 1.807) is 5.57 Å². The first-order chi connectivity index (χ1) is 8.29. The number of carbonyl (C=O) groups is 1. The summed E-state index contributed by atoms with van der Waals surface area (Å²) in [5.74, 6) is -0.679. The molecule has 3 nitrogen and oxygen atoms in total. The van der Waals surface area contributed by atoms with Gasteiger partial charge in [-0.05, 0) is 58.0 Å². The molecular weight excluding hydrogens is 214 g/mol. The van der Waals surface area contributed by atoms with Gasteiger partial charge in [-0.3, -0.25) is 4.79 Å². The highest BCUT2D eigenvalue weighted by Crippen LogP contribution is 2.19. The molecule has 0 aromatic carbocycles. The maximum Gasteiger partial charge on any atom is 0.303 e. The molecule has 0 aromatic heterocycles. The van der Waals surface area contributed by atoms with Gasteiger partial charge in [-0.25, -0.2) is 0 Å². The van der Waals surface area contributed by atoms with Gasteiger partial charge in [0.25, 0.3) is 0 Å². The molecule has 0 spiro atoms. The van der Waals surface area contributed by atoms with E-state index >= 15 is 0 Å². The Morgan fingerprint density at radius 3 is 2.82 bits per heavy atom. The lowest BCUT2D eigenvalue weighted by atomic mass is 9.97. The molecule has 0 aliphatic heterocycles. The van der Waals surface area contributed by atoms with Crippen molar-refractivity contribution in [1.29, 1.82) is 0 Å². The van der Waals surface area contributed by atoms with E-state index in [1.165, 1.54) is 32.1 Å². The molecule has 0 saturated carbocycles. The summed E-state index contributed by atoms with van der Waals surface area (Å²) in [6.07, 6.45) is 12.1. The minimum Gasteiger partial charge on any atom is -0.481 e. The summed E-state index contributed by atoms with van der Waals surface area (Å²) in [5.41, 5.74) is 1.62. The number of allylic oxidation sites excluding steroid dienone is 1. The van der Waals surface area contributed by atoms with Crippen LogP contribution in [0.4, 0.5) is 0 Å². The molecule has 0 saturated heterocycles. The molecule has 0 fully saturated rings. The number of rotatable bonds is 9. The van der Waals surface area contributed by atoms with E-state index in [4.69, 9.17) is 5.11 Å². The molecule has 1 rings (SSSR count). The Hall–Kier alpha value is -0.830. The molecule has 0 bridgehead atoms. The van der Waals surface area contributed by atoms with Gasteiger partial charge in [0, 0.05) is 6.42 Å². The van der Waals surface area contributed by atoms with E-state index in [1.807, 2.05) is 0 Å². The fraction of sp³-hybridized carbons (Fsp3) is 0.786. The van der Waals surface area contributed by atoms with E-state index < -0.39 is 5.97 Å². The molecular formula is C14H25NO2. The zero-order chi connectivity index (χ0) is 12.3. The van der Waals surface area contributed by atoms with Crippen LogP contribution >= 0.6 is 0 Å². The van der Waals surface area contributed by atoms with E-state index in [2.05, 4.69) is 11.4 Å². The maximum absolute atomic E-state index is 10.3. The van der Waals surface area contributed by atoms with Crippen molar-refractivity contribution in [3.63, 3.8) is 0 Å². The molecule has 0 unspecified atom stereocenters. The number of nitrogens with one attached hydrogen (secondary N) is 1. The Bertz CT molecular complexity index is 249. The van der Waals surface area contributed by atoms with E-state index in [0.29, 0.717) is 6.42 Å². The van der Waals surface area contributed by atoms with E-state index in [9.17, 15) is 4.79 Å². The van der Waals surface area contributed by atoms with Gasteiger partial charge in [0.15, 0.2) is 0 Å². The predicted molar refractivity (Wildman–Crippen MR) is 70.1 cm³/mol. The highest BCUT2D eigenvalue weighted by atomic mass is 16.4. The van der Waals surface area contributed by atoms with Gasteiger partial charge in [-0.1, -0.05) is 18.1 Å². The van der Waals surface area contributed by atoms with Crippen LogP contribution in [0.25, 0.3) is 0 Å². The average Bonchev–Trinajstić information content (AvgIpc) is 2.33. The van der Waals surface area contributed by atoms with Crippen molar-refractivity contribution in [3.05, 3.63) is 11.6 Å². The van der Waals surface area contributed by atoms with Crippen molar-refractivity contribution >= 4 is 5.97 Å². The van der Waals surface area contributed by atoms with Crippen LogP contribution in [0.5, 0.6) is 0 Å². The molecule has 17 heavy (non-hydrogen) atoms. The van der Waals surface area contributed by atoms with E-state index in [0.717, 1.165) is 32.4 Å². The lowest BCUT2D eigenvalue weighted by molar-refractivity contribution is -0.137. The van der Waals surface area contributed by atoms with Crippen molar-refractivity contribution in [1.82, 2.24) is 5.32 Å². The molecule has 2 N–H and O–H groups in total. The van der Waals surface area contributed by atoms with Crippen molar-refractivity contribution in [2.75, 3.05) is 13.1 Å². The number of hydrogen-bond donors (Lipinski definition) is 2. The quantitative estimate of drug-likeness (QED) is 0.480. The maximum atomic E-state index is 10.3. The molecule has 0 atom stereocenters. The summed E-state index contributed by atoms with van der Waals surface area (Å²) in [6.45, 7) is 2.09. The van der Waals surface area contributed by atoms with Crippen molar-refractivity contribution in [2.24, 2.45) is 0 Å². The number of unbranched alkanes of at least 4 members (excludes halogenated alkanes) is 2. The third kappa shape index (κ3) is 7.97. The Morgan fingerprint density at radius 1 is 1.24 bits per heavy atom. The summed E-state index contributed by atoms with van der Waals surface area (Å²) < 4.78 is 0. The highest BCUT2D eigenvalue weighted by molar-refractivity contribution is 5.66. The average molecular weight is 239 g/mol. The Morgan fingerprint density at radius 2 is 2.12 bits per heavy atom. The van der Waals surface area contributed by atoms with Gasteiger partial charge >= 0.3 is 5.97 Å². The first-order valence-corrected chi connectivity index (χ1v) is 6.89. The third-order valence-electron chi connectivity index (χ3n) is 3.25. The fourth-order valence-corrected chi connectivity index (χ4v) is 2.21. The molecule has 1 aliphatic rings. The van der Waals surface area contributed by atoms with Gasteiger partial charge < -0.3 is 10.4 Å². The molecule has 0 radical (unpaired) electrons. The number of carboxylic acids is 1.